The molecule has 0 atom stereocenters. The third-order valence-electron chi connectivity index (χ3n) is 1.45. The molecule has 5 heteroatoms. The lowest BCUT2D eigenvalue weighted by atomic mass is 10.1. The minimum atomic E-state index is -1.30. The third kappa shape index (κ3) is 4.62. The number of hydrogen-bond acceptors (Lipinski definition) is 0. The summed E-state index contributed by atoms with van der Waals surface area (Å²) in [5, 5.41) is 0. The van der Waals surface area contributed by atoms with E-state index < -0.39 is 3.79 Å². The molecule has 0 aliphatic heterocycles. The van der Waals surface area contributed by atoms with Crippen LogP contribution in [0.3, 0.4) is 0 Å². The van der Waals surface area contributed by atoms with Crippen molar-refractivity contribution in [2.45, 2.75) is 10.7 Å². The highest BCUT2D eigenvalue weighted by Gasteiger charge is 2.23. The molecule has 1 aromatic carbocycles. The molecule has 0 spiro atoms. The molecule has 0 saturated carbocycles. The monoisotopic (exact) mass is 280 g/mol. The van der Waals surface area contributed by atoms with E-state index in [1.165, 1.54) is 0 Å². The Balaban J connectivity index is 0. The minimum Gasteiger partial charge on any atom is -0.147 e. The van der Waals surface area contributed by atoms with Crippen LogP contribution in [0.25, 0.3) is 0 Å². The average Bonchev–Trinajstić information content (AvgIpc) is 1.86. The van der Waals surface area contributed by atoms with Gasteiger partial charge in [-0.2, -0.15) is 0 Å². The minimum absolute atomic E-state index is 0. The van der Waals surface area contributed by atoms with Crippen LogP contribution in [0.2, 0.25) is 0 Å². The first kappa shape index (κ1) is 16.1. The number of aryl methyl sites for hydroxylation is 1. The molecule has 1 aromatic rings. The van der Waals surface area contributed by atoms with Gasteiger partial charge in [-0.1, -0.05) is 59.1 Å². The highest BCUT2D eigenvalue weighted by Crippen LogP contribution is 2.39. The fourth-order valence-electron chi connectivity index (χ4n) is 0.891. The molecule has 0 heterocycles. The van der Waals surface area contributed by atoms with Crippen molar-refractivity contribution >= 4 is 59.6 Å². The van der Waals surface area contributed by atoms with E-state index in [1.807, 2.05) is 31.2 Å². The van der Waals surface area contributed by atoms with E-state index in [4.69, 9.17) is 34.8 Å². The molecule has 1 rings (SSSR count). The van der Waals surface area contributed by atoms with Crippen LogP contribution in [0.4, 0.5) is 0 Å². The lowest BCUT2D eigenvalue weighted by Crippen LogP contribution is -2.01. The van der Waals surface area contributed by atoms with Gasteiger partial charge in [0.25, 0.3) is 0 Å². The zero-order valence-corrected chi connectivity index (χ0v) is 10.7. The van der Waals surface area contributed by atoms with E-state index in [1.54, 1.807) is 0 Å². The molecule has 0 fully saturated rings. The van der Waals surface area contributed by atoms with Crippen LogP contribution in [0.1, 0.15) is 11.1 Å². The van der Waals surface area contributed by atoms with Crippen LogP contribution in [0.15, 0.2) is 24.3 Å². The van der Waals surface area contributed by atoms with Crippen molar-refractivity contribution in [3.63, 3.8) is 0 Å². The molecular formula is C8H9Cl5. The van der Waals surface area contributed by atoms with Gasteiger partial charge in [-0.05, 0) is 12.5 Å². The van der Waals surface area contributed by atoms with Crippen LogP contribution in [-0.4, -0.2) is 0 Å². The Labute approximate surface area is 105 Å². The Hall–Kier alpha value is 0.670. The number of alkyl halides is 3. The van der Waals surface area contributed by atoms with Crippen molar-refractivity contribution in [2.24, 2.45) is 0 Å². The van der Waals surface area contributed by atoms with Gasteiger partial charge in [-0.15, -0.1) is 24.8 Å². The molecule has 0 nitrogen and oxygen atoms in total. The normalized spacial score (nSPS) is 9.85. The van der Waals surface area contributed by atoms with Crippen LogP contribution in [0.5, 0.6) is 0 Å². The summed E-state index contributed by atoms with van der Waals surface area (Å²) in [7, 11) is 0. The van der Waals surface area contributed by atoms with E-state index in [-0.39, 0.29) is 24.8 Å². The van der Waals surface area contributed by atoms with Gasteiger partial charge in [0.1, 0.15) is 0 Å². The Bertz CT molecular complexity index is 253. The summed E-state index contributed by atoms with van der Waals surface area (Å²) >= 11 is 17.1. The van der Waals surface area contributed by atoms with Crippen molar-refractivity contribution in [3.05, 3.63) is 35.4 Å². The van der Waals surface area contributed by atoms with Crippen LogP contribution in [-0.2, 0) is 3.79 Å². The smallest absolute Gasteiger partial charge is 0.147 e. The van der Waals surface area contributed by atoms with E-state index in [9.17, 15) is 0 Å². The predicted octanol–water partition coefficient (Wildman–Crippen LogP) is 4.67. The molecule has 0 radical (unpaired) electrons. The summed E-state index contributed by atoms with van der Waals surface area (Å²) in [5.74, 6) is 0. The van der Waals surface area contributed by atoms with E-state index in [0.717, 1.165) is 11.1 Å². The fraction of sp³-hybridized carbons (Fsp3) is 0.250. The van der Waals surface area contributed by atoms with Gasteiger partial charge in [0.15, 0.2) is 0 Å². The standard InChI is InChI=1S/C8H7Cl3.2ClH/c1-6-4-2-3-5-7(6)8(9,10)11;;/h2-5H,1H3;2*1H. The van der Waals surface area contributed by atoms with E-state index in [0.29, 0.717) is 0 Å². The fourth-order valence-corrected chi connectivity index (χ4v) is 1.53. The van der Waals surface area contributed by atoms with Crippen LogP contribution in [0, 0.1) is 6.92 Å². The van der Waals surface area contributed by atoms with Crippen LogP contribution < -0.4 is 0 Å². The Morgan fingerprint density at radius 2 is 1.46 bits per heavy atom. The second-order valence-electron chi connectivity index (χ2n) is 2.31. The summed E-state index contributed by atoms with van der Waals surface area (Å²) in [6.07, 6.45) is 0. The highest BCUT2D eigenvalue weighted by molar-refractivity contribution is 6.66. The zero-order chi connectivity index (χ0) is 8.48. The number of hydrogen-bond donors (Lipinski definition) is 0. The summed E-state index contributed by atoms with van der Waals surface area (Å²) < 4.78 is -1.30. The predicted molar refractivity (Wildman–Crippen MR) is 64.9 cm³/mol. The topological polar surface area (TPSA) is 0 Å². The van der Waals surface area contributed by atoms with Gasteiger partial charge in [0.2, 0.25) is 3.79 Å². The SMILES string of the molecule is Cc1ccccc1C(Cl)(Cl)Cl.Cl.Cl. The number of halogens is 5. The molecule has 0 bridgehead atoms. The Morgan fingerprint density at radius 3 is 1.77 bits per heavy atom. The first-order valence-corrected chi connectivity index (χ1v) is 4.28. The van der Waals surface area contributed by atoms with Crippen molar-refractivity contribution in [1.82, 2.24) is 0 Å². The quantitative estimate of drug-likeness (QED) is 0.607. The van der Waals surface area contributed by atoms with Gasteiger partial charge >= 0.3 is 0 Å². The van der Waals surface area contributed by atoms with Gasteiger partial charge in [-0.25, -0.2) is 0 Å². The molecule has 76 valence electrons. The number of rotatable bonds is 0. The van der Waals surface area contributed by atoms with E-state index >= 15 is 0 Å². The van der Waals surface area contributed by atoms with Gasteiger partial charge in [0, 0.05) is 5.56 Å². The van der Waals surface area contributed by atoms with Crippen molar-refractivity contribution in [3.8, 4) is 0 Å². The van der Waals surface area contributed by atoms with Gasteiger partial charge in [0.05, 0.1) is 0 Å². The Morgan fingerprint density at radius 1 is 1.00 bits per heavy atom. The molecule has 0 saturated heterocycles. The maximum Gasteiger partial charge on any atom is 0.216 e. The molecule has 0 aliphatic rings. The molecule has 0 amide bonds. The summed E-state index contributed by atoms with van der Waals surface area (Å²) in [4.78, 5) is 0. The van der Waals surface area contributed by atoms with Crippen molar-refractivity contribution < 1.29 is 0 Å². The average molecular weight is 282 g/mol. The lowest BCUT2D eigenvalue weighted by molar-refractivity contribution is 1.19. The maximum absolute atomic E-state index is 5.69. The molecular weight excluding hydrogens is 273 g/mol. The molecule has 0 aromatic heterocycles. The summed E-state index contributed by atoms with van der Waals surface area (Å²) in [6.45, 7) is 1.91. The van der Waals surface area contributed by atoms with Crippen molar-refractivity contribution in [1.29, 1.82) is 0 Å². The van der Waals surface area contributed by atoms with Gasteiger partial charge < -0.3 is 0 Å². The van der Waals surface area contributed by atoms with Crippen molar-refractivity contribution in [2.75, 3.05) is 0 Å². The second kappa shape index (κ2) is 6.21. The Kier molecular flexibility index (Phi) is 7.70. The molecule has 0 unspecified atom stereocenters. The summed E-state index contributed by atoms with van der Waals surface area (Å²) in [5.41, 5.74) is 1.73. The second-order valence-corrected chi connectivity index (χ2v) is 4.59. The lowest BCUT2D eigenvalue weighted by Gasteiger charge is -2.13. The highest BCUT2D eigenvalue weighted by atomic mass is 35.6. The summed E-state index contributed by atoms with van der Waals surface area (Å²) in [6, 6.07) is 7.49. The zero-order valence-electron chi connectivity index (χ0n) is 6.76. The molecule has 0 aliphatic carbocycles. The maximum atomic E-state index is 5.69. The van der Waals surface area contributed by atoms with Crippen LogP contribution >= 0.6 is 59.6 Å². The largest absolute Gasteiger partial charge is 0.216 e. The molecule has 13 heavy (non-hydrogen) atoms. The van der Waals surface area contributed by atoms with Gasteiger partial charge in [-0.3, -0.25) is 0 Å². The first-order chi connectivity index (χ1) is 5.02. The number of benzene rings is 1. The first-order valence-electron chi connectivity index (χ1n) is 3.14. The molecule has 0 N–H and O–H groups in total. The third-order valence-corrected chi connectivity index (χ3v) is 2.06. The van der Waals surface area contributed by atoms with E-state index in [2.05, 4.69) is 0 Å².